The van der Waals surface area contributed by atoms with Gasteiger partial charge in [0.2, 0.25) is 5.82 Å². The third-order valence-electron chi connectivity index (χ3n) is 3.68. The van der Waals surface area contributed by atoms with Gasteiger partial charge in [-0.15, -0.1) is 10.2 Å². The molecule has 2 aromatic rings. The predicted molar refractivity (Wildman–Crippen MR) is 66.4 cm³/mol. The van der Waals surface area contributed by atoms with Gasteiger partial charge in [-0.25, -0.2) is 0 Å². The summed E-state index contributed by atoms with van der Waals surface area (Å²) in [5, 5.41) is 27.9. The van der Waals surface area contributed by atoms with Crippen molar-refractivity contribution >= 4 is 5.91 Å². The third-order valence-corrected chi connectivity index (χ3v) is 3.68. The molecule has 1 fully saturated rings. The van der Waals surface area contributed by atoms with E-state index < -0.39 is 5.60 Å². The molecule has 2 aromatic heterocycles. The Bertz CT molecular complexity index is 598. The first kappa shape index (κ1) is 12.7. The standard InChI is InChI=1S/C11H15N7O2/c1-17-8(2-5-12-17)9(19)18-6-3-11(20,4-7-18)10-13-15-16-14-10/h2,5,20H,3-4,6-7H2,1H3,(H,13,14,15,16). The molecular formula is C11H15N7O2. The molecule has 0 spiro atoms. The number of carbonyl (C=O) groups is 1. The predicted octanol–water partition coefficient (Wildman–Crippen LogP) is -0.943. The van der Waals surface area contributed by atoms with Crippen LogP contribution in [0, 0.1) is 0 Å². The van der Waals surface area contributed by atoms with Crippen LogP contribution in [-0.2, 0) is 12.6 Å². The lowest BCUT2D eigenvalue weighted by molar-refractivity contribution is -0.0281. The number of aliphatic hydroxyl groups is 1. The summed E-state index contributed by atoms with van der Waals surface area (Å²) in [5.41, 5.74) is -0.578. The third kappa shape index (κ3) is 2.05. The fraction of sp³-hybridized carbons (Fsp3) is 0.545. The molecule has 9 nitrogen and oxygen atoms in total. The van der Waals surface area contributed by atoms with Crippen molar-refractivity contribution in [3.05, 3.63) is 23.8 Å². The van der Waals surface area contributed by atoms with Gasteiger partial charge in [0, 0.05) is 39.2 Å². The van der Waals surface area contributed by atoms with Crippen LogP contribution in [0.3, 0.4) is 0 Å². The Hall–Kier alpha value is -2.29. The number of rotatable bonds is 2. The van der Waals surface area contributed by atoms with E-state index in [1.807, 2.05) is 0 Å². The summed E-state index contributed by atoms with van der Waals surface area (Å²) in [6.07, 6.45) is 2.36. The summed E-state index contributed by atoms with van der Waals surface area (Å²) in [7, 11) is 1.73. The van der Waals surface area contributed by atoms with E-state index in [-0.39, 0.29) is 11.7 Å². The van der Waals surface area contributed by atoms with Gasteiger partial charge in [-0.3, -0.25) is 9.48 Å². The Kier molecular flexibility index (Phi) is 2.97. The van der Waals surface area contributed by atoms with Crippen LogP contribution in [0.2, 0.25) is 0 Å². The van der Waals surface area contributed by atoms with Crippen molar-refractivity contribution in [2.24, 2.45) is 7.05 Å². The van der Waals surface area contributed by atoms with Crippen molar-refractivity contribution in [1.82, 2.24) is 35.3 Å². The highest BCUT2D eigenvalue weighted by Crippen LogP contribution is 2.30. The number of piperidine rings is 1. The molecule has 0 saturated carbocycles. The second-order valence-electron chi connectivity index (χ2n) is 4.90. The first-order chi connectivity index (χ1) is 9.60. The molecule has 106 valence electrons. The number of hydrogen-bond acceptors (Lipinski definition) is 6. The van der Waals surface area contributed by atoms with Crippen LogP contribution >= 0.6 is 0 Å². The summed E-state index contributed by atoms with van der Waals surface area (Å²) in [6.45, 7) is 0.879. The van der Waals surface area contributed by atoms with Crippen LogP contribution in [0.5, 0.6) is 0 Å². The van der Waals surface area contributed by atoms with Crippen molar-refractivity contribution in [1.29, 1.82) is 0 Å². The molecule has 20 heavy (non-hydrogen) atoms. The Balaban J connectivity index is 1.70. The second-order valence-corrected chi connectivity index (χ2v) is 4.90. The van der Waals surface area contributed by atoms with Crippen molar-refractivity contribution in [2.75, 3.05) is 13.1 Å². The highest BCUT2D eigenvalue weighted by molar-refractivity contribution is 5.92. The van der Waals surface area contributed by atoms with Gasteiger partial charge in [0.15, 0.2) is 0 Å². The minimum Gasteiger partial charge on any atom is -0.382 e. The lowest BCUT2D eigenvalue weighted by Crippen LogP contribution is -2.46. The Labute approximate surface area is 114 Å². The maximum absolute atomic E-state index is 12.3. The minimum absolute atomic E-state index is 0.0832. The van der Waals surface area contributed by atoms with Crippen molar-refractivity contribution in [3.63, 3.8) is 0 Å². The van der Waals surface area contributed by atoms with Gasteiger partial charge >= 0.3 is 0 Å². The van der Waals surface area contributed by atoms with Crippen molar-refractivity contribution < 1.29 is 9.90 Å². The first-order valence-electron chi connectivity index (χ1n) is 6.34. The van der Waals surface area contributed by atoms with E-state index in [0.29, 0.717) is 31.6 Å². The summed E-state index contributed by atoms with van der Waals surface area (Å²) in [4.78, 5) is 14.0. The van der Waals surface area contributed by atoms with Gasteiger partial charge in [0.1, 0.15) is 11.3 Å². The number of likely N-dealkylation sites (tertiary alicyclic amines) is 1. The smallest absolute Gasteiger partial charge is 0.272 e. The molecule has 9 heteroatoms. The van der Waals surface area contributed by atoms with E-state index in [0.717, 1.165) is 0 Å². The van der Waals surface area contributed by atoms with E-state index in [2.05, 4.69) is 25.7 Å². The van der Waals surface area contributed by atoms with Gasteiger partial charge in [-0.05, 0) is 6.07 Å². The number of amides is 1. The lowest BCUT2D eigenvalue weighted by Gasteiger charge is -2.36. The highest BCUT2D eigenvalue weighted by atomic mass is 16.3. The summed E-state index contributed by atoms with van der Waals surface area (Å²) < 4.78 is 1.54. The zero-order valence-electron chi connectivity index (χ0n) is 11.0. The maximum atomic E-state index is 12.3. The van der Waals surface area contributed by atoms with E-state index in [1.54, 1.807) is 28.9 Å². The molecule has 0 bridgehead atoms. The fourth-order valence-electron chi connectivity index (χ4n) is 2.41. The number of aryl methyl sites for hydroxylation is 1. The van der Waals surface area contributed by atoms with Gasteiger partial charge in [-0.2, -0.15) is 10.3 Å². The largest absolute Gasteiger partial charge is 0.382 e. The average molecular weight is 277 g/mol. The molecule has 0 unspecified atom stereocenters. The van der Waals surface area contributed by atoms with Crippen LogP contribution in [0.4, 0.5) is 0 Å². The molecule has 3 rings (SSSR count). The van der Waals surface area contributed by atoms with Crippen LogP contribution in [0.1, 0.15) is 29.2 Å². The Morgan fingerprint density at radius 1 is 1.45 bits per heavy atom. The topological polar surface area (TPSA) is 113 Å². The second kappa shape index (κ2) is 4.67. The van der Waals surface area contributed by atoms with Crippen molar-refractivity contribution in [2.45, 2.75) is 18.4 Å². The zero-order chi connectivity index (χ0) is 14.2. The average Bonchev–Trinajstić information content (AvgIpc) is 3.10. The molecule has 3 heterocycles. The van der Waals surface area contributed by atoms with Crippen molar-refractivity contribution in [3.8, 4) is 0 Å². The molecule has 0 radical (unpaired) electrons. The normalized spacial score (nSPS) is 18.2. The number of carbonyl (C=O) groups excluding carboxylic acids is 1. The Morgan fingerprint density at radius 3 is 2.75 bits per heavy atom. The van der Waals surface area contributed by atoms with Crippen LogP contribution in [0.15, 0.2) is 12.3 Å². The summed E-state index contributed by atoms with van der Waals surface area (Å²) in [5.74, 6) is 0.199. The van der Waals surface area contributed by atoms with Crippen LogP contribution < -0.4 is 0 Å². The number of tetrazole rings is 1. The molecular weight excluding hydrogens is 262 g/mol. The minimum atomic E-state index is -1.11. The zero-order valence-corrected chi connectivity index (χ0v) is 11.0. The molecule has 0 aliphatic carbocycles. The number of H-pyrrole nitrogens is 1. The quantitative estimate of drug-likeness (QED) is 0.732. The van der Waals surface area contributed by atoms with E-state index in [4.69, 9.17) is 0 Å². The number of hydrogen-bond donors (Lipinski definition) is 2. The molecule has 1 amide bonds. The number of nitrogens with zero attached hydrogens (tertiary/aromatic N) is 6. The summed E-state index contributed by atoms with van der Waals surface area (Å²) >= 11 is 0. The monoisotopic (exact) mass is 277 g/mol. The molecule has 1 aliphatic heterocycles. The molecule has 0 atom stereocenters. The van der Waals surface area contributed by atoms with Gasteiger partial charge in [-0.1, -0.05) is 5.21 Å². The number of nitrogens with one attached hydrogen (secondary N) is 1. The van der Waals surface area contributed by atoms with E-state index >= 15 is 0 Å². The SMILES string of the molecule is Cn1nccc1C(=O)N1CCC(O)(c2nn[nH]n2)CC1. The fourth-order valence-corrected chi connectivity index (χ4v) is 2.41. The molecule has 2 N–H and O–H groups in total. The first-order valence-corrected chi connectivity index (χ1v) is 6.34. The van der Waals surface area contributed by atoms with E-state index in [1.165, 1.54) is 0 Å². The maximum Gasteiger partial charge on any atom is 0.272 e. The summed E-state index contributed by atoms with van der Waals surface area (Å²) in [6, 6.07) is 1.68. The van der Waals surface area contributed by atoms with Crippen LogP contribution in [-0.4, -0.2) is 59.4 Å². The Morgan fingerprint density at radius 2 is 2.20 bits per heavy atom. The van der Waals surface area contributed by atoms with Gasteiger partial charge in [0.05, 0.1) is 0 Å². The highest BCUT2D eigenvalue weighted by Gasteiger charge is 2.39. The molecule has 0 aromatic carbocycles. The van der Waals surface area contributed by atoms with Gasteiger partial charge in [0.25, 0.3) is 5.91 Å². The van der Waals surface area contributed by atoms with Crippen LogP contribution in [0.25, 0.3) is 0 Å². The lowest BCUT2D eigenvalue weighted by atomic mass is 9.90. The number of aromatic nitrogens is 6. The van der Waals surface area contributed by atoms with E-state index in [9.17, 15) is 9.90 Å². The molecule has 1 aliphatic rings. The molecule has 1 saturated heterocycles. The number of aromatic amines is 1. The van der Waals surface area contributed by atoms with Gasteiger partial charge < -0.3 is 10.0 Å².